The molecule has 0 spiro atoms. The Morgan fingerprint density at radius 3 is 2.56 bits per heavy atom. The third-order valence-electron chi connectivity index (χ3n) is 1.97. The van der Waals surface area contributed by atoms with Gasteiger partial charge in [-0.1, -0.05) is 0 Å². The van der Waals surface area contributed by atoms with Crippen LogP contribution in [-0.4, -0.2) is 15.0 Å². The fourth-order valence-electron chi connectivity index (χ4n) is 1.14. The van der Waals surface area contributed by atoms with E-state index in [9.17, 15) is 8.42 Å². The van der Waals surface area contributed by atoms with E-state index >= 15 is 0 Å². The number of hydrogen-bond donors (Lipinski definition) is 1. The summed E-state index contributed by atoms with van der Waals surface area (Å²) >= 11 is 0. The Balaban J connectivity index is 3.13. The summed E-state index contributed by atoms with van der Waals surface area (Å²) in [6.07, 6.45) is 0. The summed E-state index contributed by atoms with van der Waals surface area (Å²) < 4.78 is 25.3. The van der Waals surface area contributed by atoms with Gasteiger partial charge < -0.3 is 0 Å². The lowest BCUT2D eigenvalue weighted by molar-refractivity contribution is 0.586. The molecule has 0 saturated heterocycles. The number of nitriles is 2. The molecule has 0 aliphatic rings. The van der Waals surface area contributed by atoms with Crippen molar-refractivity contribution in [3.05, 3.63) is 29.3 Å². The minimum absolute atomic E-state index is 0.0549. The van der Waals surface area contributed by atoms with Crippen LogP contribution < -0.4 is 4.72 Å². The third kappa shape index (κ3) is 2.57. The molecule has 0 atom stereocenters. The maximum absolute atomic E-state index is 11.6. The van der Waals surface area contributed by atoms with Crippen LogP contribution in [0.5, 0.6) is 0 Å². The number of nitrogens with zero attached hydrogens (tertiary/aromatic N) is 2. The molecule has 0 bridgehead atoms. The van der Waals surface area contributed by atoms with E-state index in [1.54, 1.807) is 13.0 Å². The molecule has 1 N–H and O–H groups in total. The van der Waals surface area contributed by atoms with Gasteiger partial charge in [-0.15, -0.1) is 0 Å². The van der Waals surface area contributed by atoms with Crippen molar-refractivity contribution in [2.24, 2.45) is 0 Å². The van der Waals surface area contributed by atoms with E-state index in [0.717, 1.165) is 0 Å². The maximum Gasteiger partial charge on any atom is 0.241 e. The zero-order valence-corrected chi connectivity index (χ0v) is 9.37. The summed E-state index contributed by atoms with van der Waals surface area (Å²) in [5.41, 5.74) is 1.02. The fraction of sp³-hybridized carbons (Fsp3) is 0.200. The number of aryl methyl sites for hydroxylation is 1. The van der Waals surface area contributed by atoms with E-state index in [4.69, 9.17) is 10.5 Å². The summed E-state index contributed by atoms with van der Waals surface area (Å²) in [7, 11) is -3.65. The minimum Gasteiger partial charge on any atom is -0.207 e. The highest BCUT2D eigenvalue weighted by Gasteiger charge is 2.14. The quantitative estimate of drug-likeness (QED) is 0.779. The standard InChI is InChI=1S/C10H9N3O2S/c1-8-6-10(3-2-9(8)7-12)16(14,15)13-5-4-11/h2-3,6,13H,5H2,1H3. The largest absolute Gasteiger partial charge is 0.241 e. The van der Waals surface area contributed by atoms with Crippen LogP contribution in [0.4, 0.5) is 0 Å². The molecule has 0 aliphatic carbocycles. The van der Waals surface area contributed by atoms with Crippen LogP contribution >= 0.6 is 0 Å². The van der Waals surface area contributed by atoms with Gasteiger partial charge in [0, 0.05) is 0 Å². The Hall–Kier alpha value is -1.89. The second-order valence-electron chi connectivity index (χ2n) is 3.07. The third-order valence-corrected chi connectivity index (χ3v) is 3.37. The maximum atomic E-state index is 11.6. The molecule has 0 unspecified atom stereocenters. The van der Waals surface area contributed by atoms with E-state index in [0.29, 0.717) is 11.1 Å². The van der Waals surface area contributed by atoms with Crippen LogP contribution in [0.3, 0.4) is 0 Å². The lowest BCUT2D eigenvalue weighted by Gasteiger charge is -2.05. The Morgan fingerprint density at radius 1 is 1.38 bits per heavy atom. The monoisotopic (exact) mass is 235 g/mol. The van der Waals surface area contributed by atoms with Crippen molar-refractivity contribution < 1.29 is 8.42 Å². The highest BCUT2D eigenvalue weighted by atomic mass is 32.2. The summed E-state index contributed by atoms with van der Waals surface area (Å²) in [5.74, 6) is 0. The molecule has 1 aromatic rings. The van der Waals surface area contributed by atoms with Crippen LogP contribution in [0, 0.1) is 29.6 Å². The zero-order valence-electron chi connectivity index (χ0n) is 8.56. The predicted molar refractivity (Wildman–Crippen MR) is 56.7 cm³/mol. The molecule has 0 aliphatic heterocycles. The summed E-state index contributed by atoms with van der Waals surface area (Å²) in [4.78, 5) is 0.0549. The first-order valence-electron chi connectivity index (χ1n) is 4.38. The van der Waals surface area contributed by atoms with Crippen LogP contribution in [-0.2, 0) is 10.0 Å². The van der Waals surface area contributed by atoms with Gasteiger partial charge in [0.25, 0.3) is 0 Å². The molecule has 16 heavy (non-hydrogen) atoms. The Morgan fingerprint density at radius 2 is 2.06 bits per heavy atom. The van der Waals surface area contributed by atoms with Gasteiger partial charge >= 0.3 is 0 Å². The number of rotatable bonds is 3. The summed E-state index contributed by atoms with van der Waals surface area (Å²) in [6, 6.07) is 7.82. The minimum atomic E-state index is -3.65. The Bertz CT molecular complexity index is 579. The van der Waals surface area contributed by atoms with Gasteiger partial charge in [-0.3, -0.25) is 0 Å². The Labute approximate surface area is 94.0 Å². The molecule has 1 aromatic carbocycles. The summed E-state index contributed by atoms with van der Waals surface area (Å²) in [6.45, 7) is 1.38. The van der Waals surface area contributed by atoms with Gasteiger partial charge in [-0.25, -0.2) is 8.42 Å². The van der Waals surface area contributed by atoms with Crippen LogP contribution in [0.2, 0.25) is 0 Å². The van der Waals surface area contributed by atoms with Crippen molar-refractivity contribution >= 4 is 10.0 Å². The van der Waals surface area contributed by atoms with Crippen molar-refractivity contribution in [1.82, 2.24) is 4.72 Å². The number of hydrogen-bond acceptors (Lipinski definition) is 4. The van der Waals surface area contributed by atoms with E-state index in [1.807, 2.05) is 6.07 Å². The van der Waals surface area contributed by atoms with Gasteiger partial charge in [-0.05, 0) is 30.7 Å². The van der Waals surface area contributed by atoms with E-state index in [2.05, 4.69) is 4.72 Å². The Kier molecular flexibility index (Phi) is 3.62. The van der Waals surface area contributed by atoms with Crippen molar-refractivity contribution in [3.8, 4) is 12.1 Å². The molecule has 0 amide bonds. The van der Waals surface area contributed by atoms with E-state index in [1.165, 1.54) is 18.2 Å². The highest BCUT2D eigenvalue weighted by Crippen LogP contribution is 2.14. The number of nitrogens with one attached hydrogen (secondary N) is 1. The second kappa shape index (κ2) is 4.75. The summed E-state index contributed by atoms with van der Waals surface area (Å²) in [5, 5.41) is 17.0. The number of benzene rings is 1. The first-order chi connectivity index (χ1) is 7.51. The molecule has 6 heteroatoms. The van der Waals surface area contributed by atoms with E-state index in [-0.39, 0.29) is 11.4 Å². The average Bonchev–Trinajstić information content (AvgIpc) is 2.26. The van der Waals surface area contributed by atoms with Gasteiger partial charge in [0.05, 0.1) is 29.1 Å². The first kappa shape index (κ1) is 12.2. The van der Waals surface area contributed by atoms with Crippen molar-refractivity contribution in [2.45, 2.75) is 11.8 Å². The van der Waals surface area contributed by atoms with Crippen LogP contribution in [0.15, 0.2) is 23.1 Å². The van der Waals surface area contributed by atoms with Crippen molar-refractivity contribution in [3.63, 3.8) is 0 Å². The predicted octanol–water partition coefficient (Wildman–Crippen LogP) is 0.669. The molecule has 5 nitrogen and oxygen atoms in total. The molecule has 0 heterocycles. The number of sulfonamides is 1. The molecule has 0 saturated carbocycles. The molecule has 0 fully saturated rings. The van der Waals surface area contributed by atoms with Gasteiger partial charge in [0.1, 0.15) is 0 Å². The van der Waals surface area contributed by atoms with Gasteiger partial charge in [0.15, 0.2) is 0 Å². The van der Waals surface area contributed by atoms with Gasteiger partial charge in [-0.2, -0.15) is 15.2 Å². The van der Waals surface area contributed by atoms with Crippen molar-refractivity contribution in [1.29, 1.82) is 10.5 Å². The van der Waals surface area contributed by atoms with Crippen LogP contribution in [0.25, 0.3) is 0 Å². The molecule has 0 radical (unpaired) electrons. The molecule has 82 valence electrons. The van der Waals surface area contributed by atoms with Crippen LogP contribution in [0.1, 0.15) is 11.1 Å². The fourth-order valence-corrected chi connectivity index (χ4v) is 2.14. The zero-order chi connectivity index (χ0) is 12.2. The lowest BCUT2D eigenvalue weighted by Crippen LogP contribution is -2.24. The average molecular weight is 235 g/mol. The normalized spacial score (nSPS) is 10.4. The molecule has 0 aromatic heterocycles. The first-order valence-corrected chi connectivity index (χ1v) is 5.87. The van der Waals surface area contributed by atoms with Crippen molar-refractivity contribution in [2.75, 3.05) is 6.54 Å². The SMILES string of the molecule is Cc1cc(S(=O)(=O)NCC#N)ccc1C#N. The topological polar surface area (TPSA) is 93.8 Å². The molecule has 1 rings (SSSR count). The highest BCUT2D eigenvalue weighted by molar-refractivity contribution is 7.89. The van der Waals surface area contributed by atoms with E-state index < -0.39 is 10.0 Å². The molecular formula is C10H9N3O2S. The lowest BCUT2D eigenvalue weighted by atomic mass is 10.1. The molecular weight excluding hydrogens is 226 g/mol. The smallest absolute Gasteiger partial charge is 0.207 e. The van der Waals surface area contributed by atoms with Gasteiger partial charge in [0.2, 0.25) is 10.0 Å². The second-order valence-corrected chi connectivity index (χ2v) is 4.84.